The second kappa shape index (κ2) is 5.52. The Kier molecular flexibility index (Phi) is 4.58. The number of carbonyl (C=O) groups excluding carboxylic acids is 1. The monoisotopic (exact) mass is 323 g/mol. The van der Waals surface area contributed by atoms with Gasteiger partial charge in [-0.05, 0) is 12.1 Å². The molecular formula is C9H8BrCl2N3O. The number of nitrogens with one attached hydrogen (secondary N) is 2. The van der Waals surface area contributed by atoms with Crippen molar-refractivity contribution in [1.82, 2.24) is 5.32 Å². The predicted octanol–water partition coefficient (Wildman–Crippen LogP) is 2.44. The Bertz CT molecular complexity index is 419. The lowest BCUT2D eigenvalue weighted by Gasteiger charge is -2.13. The first-order valence-corrected chi connectivity index (χ1v) is 5.83. The summed E-state index contributed by atoms with van der Waals surface area (Å²) in [7, 11) is 0. The van der Waals surface area contributed by atoms with E-state index in [1.807, 2.05) is 0 Å². The second-order valence-electron chi connectivity index (χ2n) is 2.90. The number of amides is 1. The Hall–Kier alpha value is -0.780. The normalized spacial score (nSPS) is 11.9. The lowest BCUT2D eigenvalue weighted by molar-refractivity contribution is -0.119. The maximum atomic E-state index is 11.6. The van der Waals surface area contributed by atoms with Crippen molar-refractivity contribution in [3.8, 4) is 0 Å². The van der Waals surface area contributed by atoms with Gasteiger partial charge in [-0.25, -0.2) is 0 Å². The Morgan fingerprint density at radius 3 is 2.38 bits per heavy atom. The number of nitrogens with two attached hydrogens (primary N) is 1. The highest BCUT2D eigenvalue weighted by Gasteiger charge is 2.22. The third kappa shape index (κ3) is 3.10. The Balaban J connectivity index is 3.00. The zero-order valence-corrected chi connectivity index (χ0v) is 11.0. The van der Waals surface area contributed by atoms with Crippen LogP contribution in [0.1, 0.15) is 10.4 Å². The fourth-order valence-corrected chi connectivity index (χ4v) is 2.57. The van der Waals surface area contributed by atoms with Crippen molar-refractivity contribution in [2.75, 3.05) is 0 Å². The molecule has 0 aliphatic carbocycles. The molecule has 0 aliphatic heterocycles. The summed E-state index contributed by atoms with van der Waals surface area (Å²) < 4.78 is 0. The fourth-order valence-electron chi connectivity index (χ4n) is 1.08. The van der Waals surface area contributed by atoms with Gasteiger partial charge in [0.1, 0.15) is 4.83 Å². The number of halogens is 3. The van der Waals surface area contributed by atoms with Crippen LogP contribution in [0.5, 0.6) is 0 Å². The number of hydrogen-bond acceptors (Lipinski definition) is 2. The fraction of sp³-hybridized carbons (Fsp3) is 0.111. The molecule has 1 rings (SSSR count). The van der Waals surface area contributed by atoms with E-state index in [2.05, 4.69) is 21.2 Å². The number of alkyl halides is 1. The zero-order valence-electron chi connectivity index (χ0n) is 7.93. The van der Waals surface area contributed by atoms with Gasteiger partial charge in [-0.2, -0.15) is 0 Å². The van der Waals surface area contributed by atoms with Crippen molar-refractivity contribution in [3.05, 3.63) is 33.8 Å². The molecule has 0 saturated heterocycles. The molecule has 86 valence electrons. The maximum absolute atomic E-state index is 11.6. The summed E-state index contributed by atoms with van der Waals surface area (Å²) in [6.07, 6.45) is 0. The maximum Gasteiger partial charge on any atom is 0.245 e. The van der Waals surface area contributed by atoms with E-state index in [0.29, 0.717) is 15.6 Å². The van der Waals surface area contributed by atoms with Gasteiger partial charge >= 0.3 is 0 Å². The van der Waals surface area contributed by atoms with Gasteiger partial charge in [-0.15, -0.1) is 0 Å². The van der Waals surface area contributed by atoms with Crippen LogP contribution in [0.2, 0.25) is 10.0 Å². The molecule has 0 spiro atoms. The van der Waals surface area contributed by atoms with Crippen molar-refractivity contribution in [2.45, 2.75) is 4.83 Å². The SMILES string of the molecule is N=C(N)NC(=O)C(Br)c1c(Cl)cccc1Cl. The van der Waals surface area contributed by atoms with Gasteiger partial charge in [-0.3, -0.25) is 15.5 Å². The molecule has 0 radical (unpaired) electrons. The summed E-state index contributed by atoms with van der Waals surface area (Å²) in [5, 5.41) is 9.84. The van der Waals surface area contributed by atoms with E-state index in [9.17, 15) is 4.79 Å². The largest absolute Gasteiger partial charge is 0.370 e. The molecule has 4 nitrogen and oxygen atoms in total. The van der Waals surface area contributed by atoms with E-state index in [1.165, 1.54) is 0 Å². The van der Waals surface area contributed by atoms with Crippen molar-refractivity contribution in [3.63, 3.8) is 0 Å². The summed E-state index contributed by atoms with van der Waals surface area (Å²) in [6, 6.07) is 4.92. The predicted molar refractivity (Wildman–Crippen MR) is 68.2 cm³/mol. The lowest BCUT2D eigenvalue weighted by atomic mass is 10.1. The molecule has 4 N–H and O–H groups in total. The summed E-state index contributed by atoms with van der Waals surface area (Å²) >= 11 is 15.0. The van der Waals surface area contributed by atoms with E-state index in [0.717, 1.165) is 0 Å². The molecule has 0 saturated carbocycles. The number of benzene rings is 1. The smallest absolute Gasteiger partial charge is 0.245 e. The van der Waals surface area contributed by atoms with Crippen LogP contribution in [-0.4, -0.2) is 11.9 Å². The van der Waals surface area contributed by atoms with Gasteiger partial charge in [-0.1, -0.05) is 45.2 Å². The minimum atomic E-state index is -0.752. The number of guanidine groups is 1. The first kappa shape index (κ1) is 13.3. The summed E-state index contributed by atoms with van der Waals surface area (Å²) in [5.41, 5.74) is 5.50. The minimum absolute atomic E-state index is 0.369. The molecule has 0 heterocycles. The Morgan fingerprint density at radius 2 is 1.94 bits per heavy atom. The quantitative estimate of drug-likeness (QED) is 0.444. The zero-order chi connectivity index (χ0) is 12.3. The average Bonchev–Trinajstić information content (AvgIpc) is 2.16. The highest BCUT2D eigenvalue weighted by Crippen LogP contribution is 2.35. The van der Waals surface area contributed by atoms with Crippen LogP contribution in [0.25, 0.3) is 0 Å². The summed E-state index contributed by atoms with van der Waals surface area (Å²) in [4.78, 5) is 10.8. The van der Waals surface area contributed by atoms with Gasteiger partial charge in [0.2, 0.25) is 5.91 Å². The molecule has 1 amide bonds. The van der Waals surface area contributed by atoms with Crippen LogP contribution in [0.3, 0.4) is 0 Å². The molecule has 16 heavy (non-hydrogen) atoms. The molecule has 1 unspecified atom stereocenters. The van der Waals surface area contributed by atoms with Crippen molar-refractivity contribution in [1.29, 1.82) is 5.41 Å². The number of carbonyl (C=O) groups is 1. The molecule has 1 atom stereocenters. The highest BCUT2D eigenvalue weighted by molar-refractivity contribution is 9.09. The van der Waals surface area contributed by atoms with E-state index >= 15 is 0 Å². The van der Waals surface area contributed by atoms with Gasteiger partial charge in [0.05, 0.1) is 0 Å². The molecule has 0 aromatic heterocycles. The third-order valence-electron chi connectivity index (χ3n) is 1.74. The van der Waals surface area contributed by atoms with Gasteiger partial charge in [0, 0.05) is 15.6 Å². The van der Waals surface area contributed by atoms with Crippen LogP contribution in [-0.2, 0) is 4.79 Å². The standard InChI is InChI=1S/C9H8BrCl2N3O/c10-7(8(16)15-9(13)14)6-4(11)2-1-3-5(6)12/h1-3,7H,(H4,13,14,15,16). The van der Waals surface area contributed by atoms with Crippen molar-refractivity contribution in [2.24, 2.45) is 5.73 Å². The van der Waals surface area contributed by atoms with Crippen LogP contribution in [0, 0.1) is 5.41 Å². The minimum Gasteiger partial charge on any atom is -0.370 e. The first-order chi connectivity index (χ1) is 7.43. The third-order valence-corrected chi connectivity index (χ3v) is 3.27. The van der Waals surface area contributed by atoms with Gasteiger partial charge in [0.25, 0.3) is 0 Å². The average molecular weight is 325 g/mol. The van der Waals surface area contributed by atoms with Gasteiger partial charge in [0.15, 0.2) is 5.96 Å². The van der Waals surface area contributed by atoms with Crippen LogP contribution in [0.4, 0.5) is 0 Å². The molecular weight excluding hydrogens is 317 g/mol. The summed E-state index contributed by atoms with van der Waals surface area (Å²) in [5.74, 6) is -0.930. The van der Waals surface area contributed by atoms with E-state index < -0.39 is 16.7 Å². The molecule has 1 aromatic carbocycles. The van der Waals surface area contributed by atoms with Gasteiger partial charge < -0.3 is 5.73 Å². The molecule has 1 aromatic rings. The second-order valence-corrected chi connectivity index (χ2v) is 4.63. The molecule has 0 aliphatic rings. The van der Waals surface area contributed by atoms with Crippen LogP contribution < -0.4 is 11.1 Å². The topological polar surface area (TPSA) is 79.0 Å². The number of rotatable bonds is 2. The molecule has 7 heteroatoms. The Labute approximate surface area is 111 Å². The van der Waals surface area contributed by atoms with Crippen LogP contribution in [0.15, 0.2) is 18.2 Å². The van der Waals surface area contributed by atoms with E-state index in [4.69, 9.17) is 34.3 Å². The first-order valence-electron chi connectivity index (χ1n) is 4.16. The Morgan fingerprint density at radius 1 is 1.44 bits per heavy atom. The summed E-state index contributed by atoms with van der Waals surface area (Å²) in [6.45, 7) is 0. The lowest BCUT2D eigenvalue weighted by Crippen LogP contribution is -2.37. The van der Waals surface area contributed by atoms with E-state index in [-0.39, 0.29) is 0 Å². The molecule has 0 fully saturated rings. The van der Waals surface area contributed by atoms with Crippen LogP contribution >= 0.6 is 39.1 Å². The van der Waals surface area contributed by atoms with E-state index in [1.54, 1.807) is 18.2 Å². The number of hydrogen-bond donors (Lipinski definition) is 3. The highest BCUT2D eigenvalue weighted by atomic mass is 79.9. The molecule has 0 bridgehead atoms. The van der Waals surface area contributed by atoms with Crippen molar-refractivity contribution < 1.29 is 4.79 Å². The van der Waals surface area contributed by atoms with Crippen molar-refractivity contribution >= 4 is 51.0 Å².